The minimum absolute atomic E-state index is 0.235. The van der Waals surface area contributed by atoms with Crippen LogP contribution < -0.4 is 0 Å². The Hall–Kier alpha value is -1.14. The van der Waals surface area contributed by atoms with Gasteiger partial charge >= 0.3 is 0 Å². The van der Waals surface area contributed by atoms with Crippen LogP contribution in [0.2, 0.25) is 0 Å². The van der Waals surface area contributed by atoms with Gasteiger partial charge in [-0.15, -0.1) is 11.6 Å². The Morgan fingerprint density at radius 2 is 2.00 bits per heavy atom. The van der Waals surface area contributed by atoms with Gasteiger partial charge in [-0.2, -0.15) is 0 Å². The number of aromatic nitrogens is 2. The average Bonchev–Trinajstić information content (AvgIpc) is 2.78. The number of para-hydroxylation sites is 2. The molecule has 102 valence electrons. The number of benzene rings is 2. The van der Waals surface area contributed by atoms with E-state index in [0.29, 0.717) is 12.3 Å². The molecule has 0 amide bonds. The predicted molar refractivity (Wildman–Crippen MR) is 88.2 cm³/mol. The van der Waals surface area contributed by atoms with Crippen LogP contribution in [0, 0.1) is 9.39 Å². The van der Waals surface area contributed by atoms with Crippen molar-refractivity contribution in [1.29, 1.82) is 0 Å². The summed E-state index contributed by atoms with van der Waals surface area (Å²) in [6, 6.07) is 12.7. The van der Waals surface area contributed by atoms with Crippen molar-refractivity contribution in [2.24, 2.45) is 0 Å². The molecule has 0 atom stereocenters. The lowest BCUT2D eigenvalue weighted by molar-refractivity contribution is 0.626. The Morgan fingerprint density at radius 3 is 2.75 bits per heavy atom. The number of halogens is 3. The highest BCUT2D eigenvalue weighted by atomic mass is 127. The van der Waals surface area contributed by atoms with Gasteiger partial charge in [0.25, 0.3) is 0 Å². The number of fused-ring (bicyclic) bond motifs is 1. The number of rotatable bonds is 3. The van der Waals surface area contributed by atoms with Crippen molar-refractivity contribution in [2.45, 2.75) is 6.42 Å². The first-order valence-electron chi connectivity index (χ1n) is 6.18. The van der Waals surface area contributed by atoms with Crippen molar-refractivity contribution in [3.63, 3.8) is 0 Å². The number of nitrogens with zero attached hydrogens (tertiary/aromatic N) is 2. The van der Waals surface area contributed by atoms with E-state index in [1.54, 1.807) is 6.07 Å². The van der Waals surface area contributed by atoms with Crippen LogP contribution in [-0.2, 0) is 6.42 Å². The van der Waals surface area contributed by atoms with E-state index in [1.807, 2.05) is 24.3 Å². The smallest absolute Gasteiger partial charge is 0.124 e. The quantitative estimate of drug-likeness (QED) is 0.466. The van der Waals surface area contributed by atoms with E-state index in [1.165, 1.54) is 12.1 Å². The molecule has 0 fully saturated rings. The summed E-state index contributed by atoms with van der Waals surface area (Å²) in [5.74, 6) is 1.16. The van der Waals surface area contributed by atoms with Crippen LogP contribution in [0.5, 0.6) is 0 Å². The average molecular weight is 401 g/mol. The lowest BCUT2D eigenvalue weighted by atomic mass is 10.2. The second-order valence-corrected chi connectivity index (χ2v) is 5.93. The molecule has 0 saturated heterocycles. The number of hydrogen-bond acceptors (Lipinski definition) is 1. The standard InChI is InChI=1S/C15H11ClFIN2/c16-8-7-15-19-12-3-1-2-4-14(12)20(15)13-6-5-10(17)9-11(13)18/h1-6,9H,7-8H2. The van der Waals surface area contributed by atoms with Gasteiger partial charge in [-0.1, -0.05) is 12.1 Å². The maximum Gasteiger partial charge on any atom is 0.124 e. The molecule has 2 aromatic carbocycles. The van der Waals surface area contributed by atoms with Crippen molar-refractivity contribution in [2.75, 3.05) is 5.88 Å². The first kappa shape index (κ1) is 13.8. The minimum Gasteiger partial charge on any atom is -0.295 e. The summed E-state index contributed by atoms with van der Waals surface area (Å²) in [6.45, 7) is 0. The third-order valence-corrected chi connectivity index (χ3v) is 4.15. The van der Waals surface area contributed by atoms with E-state index in [2.05, 4.69) is 32.1 Å². The molecular formula is C15H11ClFIN2. The van der Waals surface area contributed by atoms with Crippen LogP contribution in [0.15, 0.2) is 42.5 Å². The molecular weight excluding hydrogens is 390 g/mol. The van der Waals surface area contributed by atoms with Gasteiger partial charge in [-0.25, -0.2) is 9.37 Å². The summed E-state index contributed by atoms with van der Waals surface area (Å²) in [6.07, 6.45) is 0.670. The van der Waals surface area contributed by atoms with Gasteiger partial charge in [-0.05, 0) is 52.9 Å². The highest BCUT2D eigenvalue weighted by Crippen LogP contribution is 2.26. The SMILES string of the molecule is Fc1ccc(-n2c(CCCl)nc3ccccc32)c(I)c1. The Labute approximate surface area is 134 Å². The summed E-state index contributed by atoms with van der Waals surface area (Å²) < 4.78 is 16.2. The molecule has 1 aromatic heterocycles. The summed E-state index contributed by atoms with van der Waals surface area (Å²) in [4.78, 5) is 4.62. The topological polar surface area (TPSA) is 17.8 Å². The van der Waals surface area contributed by atoms with Gasteiger partial charge in [0.2, 0.25) is 0 Å². The summed E-state index contributed by atoms with van der Waals surface area (Å²) >= 11 is 8.02. The van der Waals surface area contributed by atoms with Crippen molar-refractivity contribution in [3.05, 3.63) is 57.7 Å². The maximum atomic E-state index is 13.3. The lowest BCUT2D eigenvalue weighted by Gasteiger charge is -2.10. The van der Waals surface area contributed by atoms with Gasteiger partial charge < -0.3 is 0 Å². The Morgan fingerprint density at radius 1 is 1.20 bits per heavy atom. The van der Waals surface area contributed by atoms with Crippen molar-refractivity contribution < 1.29 is 4.39 Å². The van der Waals surface area contributed by atoms with Crippen LogP contribution in [0.1, 0.15) is 5.82 Å². The molecule has 0 aliphatic carbocycles. The van der Waals surface area contributed by atoms with E-state index in [0.717, 1.165) is 26.1 Å². The van der Waals surface area contributed by atoms with Gasteiger partial charge in [0, 0.05) is 15.9 Å². The molecule has 0 spiro atoms. The maximum absolute atomic E-state index is 13.3. The zero-order valence-electron chi connectivity index (χ0n) is 10.5. The zero-order valence-corrected chi connectivity index (χ0v) is 13.4. The Kier molecular flexibility index (Phi) is 3.94. The van der Waals surface area contributed by atoms with E-state index >= 15 is 0 Å². The predicted octanol–water partition coefficient (Wildman–Crippen LogP) is 4.55. The molecule has 3 rings (SSSR count). The number of hydrogen-bond donors (Lipinski definition) is 0. The molecule has 2 nitrogen and oxygen atoms in total. The molecule has 0 saturated carbocycles. The first-order chi connectivity index (χ1) is 9.70. The fourth-order valence-corrected chi connectivity index (χ4v) is 3.15. The van der Waals surface area contributed by atoms with Gasteiger partial charge in [0.1, 0.15) is 11.6 Å². The largest absolute Gasteiger partial charge is 0.295 e. The summed E-state index contributed by atoms with van der Waals surface area (Å²) in [7, 11) is 0. The normalized spacial score (nSPS) is 11.2. The third-order valence-electron chi connectivity index (χ3n) is 3.10. The molecule has 0 N–H and O–H groups in total. The zero-order chi connectivity index (χ0) is 14.1. The van der Waals surface area contributed by atoms with Crippen LogP contribution in [0.4, 0.5) is 4.39 Å². The summed E-state index contributed by atoms with van der Waals surface area (Å²) in [5.41, 5.74) is 2.87. The molecule has 0 aliphatic rings. The second-order valence-electron chi connectivity index (χ2n) is 4.39. The van der Waals surface area contributed by atoms with Crippen LogP contribution in [0.3, 0.4) is 0 Å². The molecule has 3 aromatic rings. The van der Waals surface area contributed by atoms with E-state index in [4.69, 9.17) is 11.6 Å². The summed E-state index contributed by atoms with van der Waals surface area (Å²) in [5, 5.41) is 0. The Bertz CT molecular complexity index is 770. The van der Waals surface area contributed by atoms with Crippen molar-refractivity contribution in [3.8, 4) is 5.69 Å². The fraction of sp³-hybridized carbons (Fsp3) is 0.133. The molecule has 1 heterocycles. The van der Waals surface area contributed by atoms with E-state index < -0.39 is 0 Å². The van der Waals surface area contributed by atoms with Gasteiger partial charge in [0.15, 0.2) is 0 Å². The molecule has 0 radical (unpaired) electrons. The molecule has 0 aliphatic heterocycles. The third kappa shape index (κ3) is 2.42. The van der Waals surface area contributed by atoms with Crippen molar-refractivity contribution in [1.82, 2.24) is 9.55 Å². The first-order valence-corrected chi connectivity index (χ1v) is 7.80. The number of aryl methyl sites for hydroxylation is 1. The lowest BCUT2D eigenvalue weighted by Crippen LogP contribution is -2.04. The highest BCUT2D eigenvalue weighted by molar-refractivity contribution is 14.1. The van der Waals surface area contributed by atoms with Crippen LogP contribution >= 0.6 is 34.2 Å². The molecule has 20 heavy (non-hydrogen) atoms. The monoisotopic (exact) mass is 400 g/mol. The molecule has 5 heteroatoms. The van der Waals surface area contributed by atoms with Crippen LogP contribution in [-0.4, -0.2) is 15.4 Å². The van der Waals surface area contributed by atoms with E-state index in [-0.39, 0.29) is 5.82 Å². The van der Waals surface area contributed by atoms with Gasteiger partial charge in [-0.3, -0.25) is 4.57 Å². The highest BCUT2D eigenvalue weighted by Gasteiger charge is 2.14. The van der Waals surface area contributed by atoms with Crippen molar-refractivity contribution >= 4 is 45.2 Å². The molecule has 0 bridgehead atoms. The van der Waals surface area contributed by atoms with Gasteiger partial charge in [0.05, 0.1) is 16.7 Å². The number of alkyl halides is 1. The Balaban J connectivity index is 2.30. The van der Waals surface area contributed by atoms with E-state index in [9.17, 15) is 4.39 Å². The fourth-order valence-electron chi connectivity index (χ4n) is 2.26. The minimum atomic E-state index is -0.235. The molecule has 0 unspecified atom stereocenters. The van der Waals surface area contributed by atoms with Crippen LogP contribution in [0.25, 0.3) is 16.7 Å². The number of imidazole rings is 1. The second kappa shape index (κ2) is 5.69.